The largest absolute Gasteiger partial charge is 0.476 e. The van der Waals surface area contributed by atoms with Gasteiger partial charge in [0.2, 0.25) is 21.8 Å². The molecule has 42 heavy (non-hydrogen) atoms. The lowest BCUT2D eigenvalue weighted by molar-refractivity contribution is -0.116. The van der Waals surface area contributed by atoms with Gasteiger partial charge in [0, 0.05) is 42.5 Å². The van der Waals surface area contributed by atoms with Crippen LogP contribution in [0.3, 0.4) is 0 Å². The molecule has 0 aliphatic carbocycles. The molecule has 0 radical (unpaired) electrons. The highest BCUT2D eigenvalue weighted by molar-refractivity contribution is 7.89. The Labute approximate surface area is 244 Å². The van der Waals surface area contributed by atoms with Crippen LogP contribution in [0.2, 0.25) is 0 Å². The van der Waals surface area contributed by atoms with Gasteiger partial charge in [-0.1, -0.05) is 37.6 Å². The summed E-state index contributed by atoms with van der Waals surface area (Å²) in [6.07, 6.45) is 2.24. The highest BCUT2D eigenvalue weighted by Crippen LogP contribution is 2.35. The number of rotatable bonds is 12. The zero-order valence-corrected chi connectivity index (χ0v) is 24.6. The number of pyridine rings is 1. The molecular weight excluding hydrogens is 558 g/mol. The predicted molar refractivity (Wildman–Crippen MR) is 158 cm³/mol. The van der Waals surface area contributed by atoms with Gasteiger partial charge in [-0.05, 0) is 62.2 Å². The van der Waals surface area contributed by atoms with Crippen molar-refractivity contribution in [1.29, 1.82) is 0 Å². The minimum Gasteiger partial charge on any atom is -0.476 e. The van der Waals surface area contributed by atoms with Crippen molar-refractivity contribution in [2.75, 3.05) is 11.9 Å². The Balaban J connectivity index is 1.74. The van der Waals surface area contributed by atoms with Gasteiger partial charge in [0.05, 0.1) is 5.69 Å². The number of aromatic nitrogens is 3. The molecular formula is C30H33N5O6S. The van der Waals surface area contributed by atoms with E-state index >= 15 is 0 Å². The second-order valence-electron chi connectivity index (χ2n) is 10.2. The van der Waals surface area contributed by atoms with E-state index in [9.17, 15) is 23.1 Å². The van der Waals surface area contributed by atoms with Gasteiger partial charge < -0.3 is 15.2 Å². The van der Waals surface area contributed by atoms with Crippen LogP contribution in [-0.2, 0) is 21.2 Å². The van der Waals surface area contributed by atoms with Crippen LogP contribution in [0, 0.1) is 19.8 Å². The summed E-state index contributed by atoms with van der Waals surface area (Å²) in [6.45, 7) is 7.33. The smallest absolute Gasteiger partial charge is 0.356 e. The first kappa shape index (κ1) is 30.4. The van der Waals surface area contributed by atoms with Gasteiger partial charge in [-0.3, -0.25) is 9.78 Å². The number of sulfonamides is 1. The van der Waals surface area contributed by atoms with Crippen LogP contribution in [0.25, 0.3) is 5.69 Å². The molecule has 0 saturated heterocycles. The van der Waals surface area contributed by atoms with Crippen LogP contribution in [0.4, 0.5) is 5.69 Å². The van der Waals surface area contributed by atoms with Gasteiger partial charge in [0.1, 0.15) is 10.6 Å². The third kappa shape index (κ3) is 7.39. The van der Waals surface area contributed by atoms with Crippen molar-refractivity contribution in [2.45, 2.75) is 45.4 Å². The van der Waals surface area contributed by atoms with Crippen molar-refractivity contribution in [3.8, 4) is 17.3 Å². The lowest BCUT2D eigenvalue weighted by Crippen LogP contribution is -2.27. The number of carbonyl (C=O) groups excluding carboxylic acids is 1. The van der Waals surface area contributed by atoms with E-state index in [0.29, 0.717) is 17.8 Å². The molecule has 2 heterocycles. The highest BCUT2D eigenvalue weighted by Gasteiger charge is 2.26. The number of carboxylic acid groups (broad SMARTS) is 1. The number of nitrogens with one attached hydrogen (secondary N) is 2. The average molecular weight is 592 g/mol. The zero-order chi connectivity index (χ0) is 30.4. The lowest BCUT2D eigenvalue weighted by Gasteiger charge is -2.16. The minimum atomic E-state index is -4.17. The van der Waals surface area contributed by atoms with Gasteiger partial charge in [0.15, 0.2) is 5.69 Å². The number of anilines is 1. The third-order valence-electron chi connectivity index (χ3n) is 6.27. The van der Waals surface area contributed by atoms with E-state index in [4.69, 9.17) is 4.74 Å². The molecule has 220 valence electrons. The number of benzene rings is 2. The second kappa shape index (κ2) is 13.0. The summed E-state index contributed by atoms with van der Waals surface area (Å²) in [5, 5.41) is 16.7. The molecule has 1 amide bonds. The first-order chi connectivity index (χ1) is 19.9. The maximum absolute atomic E-state index is 13.6. The third-order valence-corrected chi connectivity index (χ3v) is 7.75. The van der Waals surface area contributed by atoms with Crippen LogP contribution in [0.1, 0.15) is 47.6 Å². The second-order valence-corrected chi connectivity index (χ2v) is 11.9. The van der Waals surface area contributed by atoms with Crippen LogP contribution < -0.4 is 14.8 Å². The number of nitrogens with zero attached hydrogens (tertiary/aromatic N) is 3. The molecule has 4 rings (SSSR count). The van der Waals surface area contributed by atoms with Crippen molar-refractivity contribution in [2.24, 2.45) is 5.92 Å². The molecule has 0 saturated carbocycles. The molecule has 12 heteroatoms. The summed E-state index contributed by atoms with van der Waals surface area (Å²) in [5.41, 5.74) is 2.48. The van der Waals surface area contributed by atoms with Crippen molar-refractivity contribution in [3.05, 3.63) is 89.4 Å². The molecule has 3 N–H and O–H groups in total. The first-order valence-electron chi connectivity index (χ1n) is 13.4. The van der Waals surface area contributed by atoms with E-state index in [1.54, 1.807) is 30.5 Å². The molecule has 4 aromatic rings. The maximum Gasteiger partial charge on any atom is 0.356 e. The summed E-state index contributed by atoms with van der Waals surface area (Å²) in [7, 11) is -4.17. The fourth-order valence-corrected chi connectivity index (χ4v) is 5.35. The number of carbonyl (C=O) groups is 2. The average Bonchev–Trinajstić information content (AvgIpc) is 3.26. The van der Waals surface area contributed by atoms with Crippen molar-refractivity contribution >= 4 is 27.6 Å². The molecule has 2 aromatic carbocycles. The summed E-state index contributed by atoms with van der Waals surface area (Å²) in [6, 6.07) is 16.8. The first-order valence-corrected chi connectivity index (χ1v) is 14.8. The number of aromatic carboxylic acids is 1. The van der Waals surface area contributed by atoms with E-state index in [0.717, 1.165) is 5.56 Å². The van der Waals surface area contributed by atoms with Crippen molar-refractivity contribution in [1.82, 2.24) is 19.5 Å². The summed E-state index contributed by atoms with van der Waals surface area (Å²) in [5.74, 6) is -1.44. The highest BCUT2D eigenvalue weighted by atomic mass is 32.2. The monoisotopic (exact) mass is 591 g/mol. The lowest BCUT2D eigenvalue weighted by atomic mass is 10.1. The molecule has 0 bridgehead atoms. The van der Waals surface area contributed by atoms with Crippen LogP contribution in [0.5, 0.6) is 11.6 Å². The Kier molecular flexibility index (Phi) is 9.38. The van der Waals surface area contributed by atoms with E-state index in [2.05, 4.69) is 20.1 Å². The number of ether oxygens (including phenoxy) is 1. The van der Waals surface area contributed by atoms with Gasteiger partial charge in [-0.2, -0.15) is 9.78 Å². The predicted octanol–water partition coefficient (Wildman–Crippen LogP) is 4.88. The number of carboxylic acids is 1. The normalized spacial score (nSPS) is 11.5. The van der Waals surface area contributed by atoms with E-state index in [-0.39, 0.29) is 58.3 Å². The molecule has 0 unspecified atom stereocenters. The number of hydrogen-bond donors (Lipinski definition) is 3. The van der Waals surface area contributed by atoms with Crippen molar-refractivity contribution < 1.29 is 27.9 Å². The molecule has 11 nitrogen and oxygen atoms in total. The number of amides is 1. The van der Waals surface area contributed by atoms with Gasteiger partial charge in [-0.25, -0.2) is 17.9 Å². The Morgan fingerprint density at radius 1 is 1.05 bits per heavy atom. The fourth-order valence-electron chi connectivity index (χ4n) is 4.17. The molecule has 2 aromatic heterocycles. The van der Waals surface area contributed by atoms with Gasteiger partial charge in [0.25, 0.3) is 0 Å². The quantitative estimate of drug-likeness (QED) is 0.211. The standard InChI is InChI=1S/C30H33N5O6S/c1-19(2)17-27(36)33-23-10-13-25(26(18-23)42(39,40)32-16-14-22-7-5-6-15-31-22)41-29-21(4)28(30(37)38)34-35(29)24-11-8-20(3)9-12-24/h5-13,15,18-19,32H,14,16-17H2,1-4H3,(H,33,36)(H,37,38). The fraction of sp³-hybridized carbons (Fsp3) is 0.267. The molecule has 0 atom stereocenters. The van der Waals surface area contributed by atoms with Gasteiger partial charge in [-0.15, -0.1) is 0 Å². The summed E-state index contributed by atoms with van der Waals surface area (Å²) < 4.78 is 37.3. The molecule has 0 aliphatic heterocycles. The number of aryl methyl sites for hydroxylation is 1. The Bertz CT molecular complexity index is 1680. The Hall–Kier alpha value is -4.55. The van der Waals surface area contributed by atoms with Crippen molar-refractivity contribution in [3.63, 3.8) is 0 Å². The maximum atomic E-state index is 13.6. The van der Waals surface area contributed by atoms with E-state index in [1.807, 2.05) is 39.0 Å². The van der Waals surface area contributed by atoms with Crippen LogP contribution in [0.15, 0.2) is 71.8 Å². The zero-order valence-electron chi connectivity index (χ0n) is 23.8. The minimum absolute atomic E-state index is 0.0396. The molecule has 0 aliphatic rings. The summed E-state index contributed by atoms with van der Waals surface area (Å²) >= 11 is 0. The van der Waals surface area contributed by atoms with E-state index in [1.165, 1.54) is 29.8 Å². The van der Waals surface area contributed by atoms with Gasteiger partial charge >= 0.3 is 5.97 Å². The topological polar surface area (TPSA) is 153 Å². The van der Waals surface area contributed by atoms with Crippen LogP contribution in [-0.4, -0.2) is 46.7 Å². The molecule has 0 fully saturated rings. The van der Waals surface area contributed by atoms with E-state index < -0.39 is 16.0 Å². The Morgan fingerprint density at radius 2 is 1.79 bits per heavy atom. The Morgan fingerprint density at radius 3 is 2.43 bits per heavy atom. The molecule has 0 spiro atoms. The van der Waals surface area contributed by atoms with Crippen LogP contribution >= 0.6 is 0 Å². The summed E-state index contributed by atoms with van der Waals surface area (Å²) in [4.78, 5) is 28.4. The SMILES string of the molecule is Cc1ccc(-n2nc(C(=O)O)c(C)c2Oc2ccc(NC(=O)CC(C)C)cc2S(=O)(=O)NCCc2ccccn2)cc1. The number of hydrogen-bond acceptors (Lipinski definition) is 7.